The Kier molecular flexibility index (Phi) is 6.72. The van der Waals surface area contributed by atoms with E-state index in [2.05, 4.69) is 16.0 Å². The number of carbonyl (C=O) groups excluding carboxylic acids is 2. The molecule has 1 saturated heterocycles. The van der Waals surface area contributed by atoms with Crippen molar-refractivity contribution in [2.24, 2.45) is 5.92 Å². The third kappa shape index (κ3) is 5.98. The number of hydrogen-bond acceptors (Lipinski definition) is 5. The average molecular weight is 424 g/mol. The van der Waals surface area contributed by atoms with Crippen LogP contribution in [-0.2, 0) is 14.3 Å². The molecule has 0 bridgehead atoms. The van der Waals surface area contributed by atoms with Crippen molar-refractivity contribution in [3.8, 4) is 5.75 Å². The summed E-state index contributed by atoms with van der Waals surface area (Å²) in [5, 5.41) is 8.98. The molecule has 0 spiro atoms. The molecule has 2 fully saturated rings. The first-order chi connectivity index (χ1) is 15.1. The number of hydrogen-bond donors (Lipinski definition) is 3. The lowest BCUT2D eigenvalue weighted by Crippen LogP contribution is -2.22. The van der Waals surface area contributed by atoms with Gasteiger partial charge in [0.05, 0.1) is 12.6 Å². The summed E-state index contributed by atoms with van der Waals surface area (Å²) in [5.74, 6) is 0.810. The lowest BCUT2D eigenvalue weighted by molar-refractivity contribution is -0.117. The minimum Gasteiger partial charge on any atom is -0.491 e. The van der Waals surface area contributed by atoms with Crippen LogP contribution in [0.5, 0.6) is 5.75 Å². The standard InChI is InChI=1S/C24H29N3O4/c1-16-21(5-2-6-22(16)27-24(29)17-7-8-17)26-23(28)14-25-18-9-11-19(12-10-18)31-15-20-4-3-13-30-20/h2,5-6,9-12,17,20,25H,3-4,7-8,13-15H2,1H3,(H,26,28)(H,27,29). The molecule has 31 heavy (non-hydrogen) atoms. The van der Waals surface area contributed by atoms with Gasteiger partial charge >= 0.3 is 0 Å². The van der Waals surface area contributed by atoms with Crippen LogP contribution < -0.4 is 20.7 Å². The van der Waals surface area contributed by atoms with Gasteiger partial charge in [0, 0.05) is 29.6 Å². The summed E-state index contributed by atoms with van der Waals surface area (Å²) >= 11 is 0. The van der Waals surface area contributed by atoms with Gasteiger partial charge in [-0.1, -0.05) is 6.07 Å². The van der Waals surface area contributed by atoms with Crippen molar-refractivity contribution in [2.75, 3.05) is 35.7 Å². The van der Waals surface area contributed by atoms with Crippen LogP contribution in [0.1, 0.15) is 31.2 Å². The SMILES string of the molecule is Cc1c(NC(=O)CNc2ccc(OCC3CCCO3)cc2)cccc1NC(=O)C1CC1. The zero-order valence-corrected chi connectivity index (χ0v) is 17.8. The minimum absolute atomic E-state index is 0.0523. The van der Waals surface area contributed by atoms with Crippen molar-refractivity contribution in [3.05, 3.63) is 48.0 Å². The molecule has 164 valence electrons. The molecule has 1 aliphatic heterocycles. The van der Waals surface area contributed by atoms with E-state index < -0.39 is 0 Å². The monoisotopic (exact) mass is 423 g/mol. The van der Waals surface area contributed by atoms with E-state index in [0.717, 1.165) is 55.0 Å². The number of amides is 2. The van der Waals surface area contributed by atoms with Crippen LogP contribution in [0.4, 0.5) is 17.1 Å². The summed E-state index contributed by atoms with van der Waals surface area (Å²) in [5.41, 5.74) is 3.11. The van der Waals surface area contributed by atoms with Crippen molar-refractivity contribution in [3.63, 3.8) is 0 Å². The number of anilines is 3. The lowest BCUT2D eigenvalue weighted by atomic mass is 10.1. The first-order valence-electron chi connectivity index (χ1n) is 10.9. The van der Waals surface area contributed by atoms with Gasteiger partial charge in [0.1, 0.15) is 12.4 Å². The Balaban J connectivity index is 1.24. The number of carbonyl (C=O) groups is 2. The second kappa shape index (κ2) is 9.83. The number of ether oxygens (including phenoxy) is 2. The number of nitrogens with one attached hydrogen (secondary N) is 3. The fourth-order valence-electron chi connectivity index (χ4n) is 3.50. The fraction of sp³-hybridized carbons (Fsp3) is 0.417. The first-order valence-corrected chi connectivity index (χ1v) is 10.9. The van der Waals surface area contributed by atoms with E-state index in [1.165, 1.54) is 0 Å². The van der Waals surface area contributed by atoms with E-state index in [1.807, 2.05) is 49.4 Å². The van der Waals surface area contributed by atoms with Gasteiger partial charge in [-0.25, -0.2) is 0 Å². The van der Waals surface area contributed by atoms with Crippen LogP contribution >= 0.6 is 0 Å². The summed E-state index contributed by atoms with van der Waals surface area (Å²) in [4.78, 5) is 24.4. The van der Waals surface area contributed by atoms with Crippen LogP contribution in [0.15, 0.2) is 42.5 Å². The van der Waals surface area contributed by atoms with Gasteiger partial charge in [-0.05, 0) is 74.6 Å². The molecule has 1 atom stereocenters. The molecule has 4 rings (SSSR count). The van der Waals surface area contributed by atoms with E-state index in [-0.39, 0.29) is 30.4 Å². The Labute approximate surface area is 182 Å². The molecule has 0 radical (unpaired) electrons. The summed E-state index contributed by atoms with van der Waals surface area (Å²) in [6, 6.07) is 13.0. The van der Waals surface area contributed by atoms with Gasteiger partial charge in [0.25, 0.3) is 0 Å². The maximum Gasteiger partial charge on any atom is 0.243 e. The van der Waals surface area contributed by atoms with Crippen molar-refractivity contribution < 1.29 is 19.1 Å². The predicted molar refractivity (Wildman–Crippen MR) is 121 cm³/mol. The smallest absolute Gasteiger partial charge is 0.243 e. The molecule has 2 aromatic carbocycles. The van der Waals surface area contributed by atoms with E-state index in [9.17, 15) is 9.59 Å². The largest absolute Gasteiger partial charge is 0.491 e. The maximum absolute atomic E-state index is 12.4. The second-order valence-corrected chi connectivity index (χ2v) is 8.11. The molecule has 1 saturated carbocycles. The molecule has 2 amide bonds. The van der Waals surface area contributed by atoms with Gasteiger partial charge in [-0.3, -0.25) is 9.59 Å². The van der Waals surface area contributed by atoms with Crippen LogP contribution in [0.2, 0.25) is 0 Å². The van der Waals surface area contributed by atoms with E-state index >= 15 is 0 Å². The van der Waals surface area contributed by atoms with E-state index in [0.29, 0.717) is 12.3 Å². The highest BCUT2D eigenvalue weighted by Crippen LogP contribution is 2.31. The number of rotatable bonds is 9. The molecule has 1 unspecified atom stereocenters. The van der Waals surface area contributed by atoms with Gasteiger partial charge in [0.15, 0.2) is 0 Å². The zero-order valence-electron chi connectivity index (χ0n) is 17.8. The van der Waals surface area contributed by atoms with Crippen molar-refractivity contribution >= 4 is 28.9 Å². The summed E-state index contributed by atoms with van der Waals surface area (Å²) in [7, 11) is 0. The first kappa shape index (κ1) is 21.2. The Bertz CT molecular complexity index is 919. The Morgan fingerprint density at radius 1 is 1.03 bits per heavy atom. The summed E-state index contributed by atoms with van der Waals surface area (Å²) in [6.07, 6.45) is 4.23. The molecule has 7 heteroatoms. The molecule has 7 nitrogen and oxygen atoms in total. The van der Waals surface area contributed by atoms with Crippen LogP contribution in [-0.4, -0.2) is 37.7 Å². The highest BCUT2D eigenvalue weighted by molar-refractivity contribution is 5.98. The van der Waals surface area contributed by atoms with Gasteiger partial charge in [0.2, 0.25) is 11.8 Å². The molecule has 3 N–H and O–H groups in total. The van der Waals surface area contributed by atoms with Crippen molar-refractivity contribution in [1.29, 1.82) is 0 Å². The minimum atomic E-state index is -0.160. The van der Waals surface area contributed by atoms with Crippen LogP contribution in [0, 0.1) is 12.8 Å². The summed E-state index contributed by atoms with van der Waals surface area (Å²) < 4.78 is 11.3. The normalized spacial score (nSPS) is 17.8. The summed E-state index contributed by atoms with van der Waals surface area (Å²) in [6.45, 7) is 3.40. The Hall–Kier alpha value is -3.06. The fourth-order valence-corrected chi connectivity index (χ4v) is 3.50. The zero-order chi connectivity index (χ0) is 21.6. The lowest BCUT2D eigenvalue weighted by Gasteiger charge is -2.14. The molecule has 2 aromatic rings. The van der Waals surface area contributed by atoms with E-state index in [1.54, 1.807) is 0 Å². The average Bonchev–Trinajstić information content (AvgIpc) is 3.50. The molecular weight excluding hydrogens is 394 g/mol. The third-order valence-corrected chi connectivity index (χ3v) is 5.58. The number of benzene rings is 2. The molecule has 0 aromatic heterocycles. The predicted octanol–water partition coefficient (Wildman–Crippen LogP) is 3.95. The van der Waals surface area contributed by atoms with Crippen LogP contribution in [0.25, 0.3) is 0 Å². The molecule has 1 heterocycles. The third-order valence-electron chi connectivity index (χ3n) is 5.58. The Morgan fingerprint density at radius 2 is 1.77 bits per heavy atom. The molecule has 1 aliphatic carbocycles. The van der Waals surface area contributed by atoms with Gasteiger partial charge in [-0.2, -0.15) is 0 Å². The Morgan fingerprint density at radius 3 is 2.45 bits per heavy atom. The topological polar surface area (TPSA) is 88.7 Å². The van der Waals surface area contributed by atoms with Crippen molar-refractivity contribution in [1.82, 2.24) is 0 Å². The maximum atomic E-state index is 12.4. The molecular formula is C24H29N3O4. The highest BCUT2D eigenvalue weighted by atomic mass is 16.5. The van der Waals surface area contributed by atoms with Gasteiger partial charge in [-0.15, -0.1) is 0 Å². The quantitative estimate of drug-likeness (QED) is 0.568. The van der Waals surface area contributed by atoms with Crippen LogP contribution in [0.3, 0.4) is 0 Å². The second-order valence-electron chi connectivity index (χ2n) is 8.11. The highest BCUT2D eigenvalue weighted by Gasteiger charge is 2.29. The van der Waals surface area contributed by atoms with Crippen molar-refractivity contribution in [2.45, 2.75) is 38.7 Å². The van der Waals surface area contributed by atoms with Gasteiger partial charge < -0.3 is 25.4 Å². The molecule has 2 aliphatic rings. The van der Waals surface area contributed by atoms with E-state index in [4.69, 9.17) is 9.47 Å².